The maximum absolute atomic E-state index is 5.80. The molecule has 1 heterocycles. The maximum Gasteiger partial charge on any atom is 0.170 e. The Balaban J connectivity index is 2.17. The van der Waals surface area contributed by atoms with Crippen LogP contribution in [-0.2, 0) is 14.2 Å². The van der Waals surface area contributed by atoms with E-state index in [-0.39, 0.29) is 6.29 Å². The minimum atomic E-state index is -0.0929. The number of hydrogen-bond acceptors (Lipinski definition) is 5. The summed E-state index contributed by atoms with van der Waals surface area (Å²) in [5.41, 5.74) is 5.46. The van der Waals surface area contributed by atoms with Gasteiger partial charge in [0.25, 0.3) is 0 Å². The van der Waals surface area contributed by atoms with Crippen LogP contribution in [0.4, 0.5) is 0 Å². The second-order valence-electron chi connectivity index (χ2n) is 4.85. The van der Waals surface area contributed by atoms with Gasteiger partial charge in [0, 0.05) is 39.5 Å². The highest BCUT2D eigenvalue weighted by Crippen LogP contribution is 2.15. The third-order valence-corrected chi connectivity index (χ3v) is 3.35. The van der Waals surface area contributed by atoms with Crippen LogP contribution in [-0.4, -0.2) is 63.3 Å². The minimum absolute atomic E-state index is 0.0929. The zero-order valence-corrected chi connectivity index (χ0v) is 12.5. The molecule has 5 heteroatoms. The fourth-order valence-electron chi connectivity index (χ4n) is 2.33. The van der Waals surface area contributed by atoms with Gasteiger partial charge in [-0.1, -0.05) is 0 Å². The second-order valence-corrected chi connectivity index (χ2v) is 4.85. The average molecular weight is 274 g/mol. The van der Waals surface area contributed by atoms with Gasteiger partial charge in [0.2, 0.25) is 0 Å². The van der Waals surface area contributed by atoms with Crippen molar-refractivity contribution in [2.75, 3.05) is 46.0 Å². The van der Waals surface area contributed by atoms with Crippen molar-refractivity contribution < 1.29 is 14.2 Å². The van der Waals surface area contributed by atoms with Crippen molar-refractivity contribution in [3.63, 3.8) is 0 Å². The van der Waals surface area contributed by atoms with Gasteiger partial charge in [-0.05, 0) is 39.7 Å². The van der Waals surface area contributed by atoms with E-state index in [9.17, 15) is 0 Å². The van der Waals surface area contributed by atoms with Gasteiger partial charge < -0.3 is 19.9 Å². The fourth-order valence-corrected chi connectivity index (χ4v) is 2.33. The van der Waals surface area contributed by atoms with Gasteiger partial charge in [0.1, 0.15) is 0 Å². The molecule has 1 rings (SSSR count). The Morgan fingerprint density at radius 3 is 2.32 bits per heavy atom. The second kappa shape index (κ2) is 10.6. The molecule has 1 fully saturated rings. The summed E-state index contributed by atoms with van der Waals surface area (Å²) in [6.45, 7) is 9.88. The molecule has 1 saturated heterocycles. The van der Waals surface area contributed by atoms with Gasteiger partial charge in [-0.25, -0.2) is 0 Å². The lowest BCUT2D eigenvalue weighted by atomic mass is 10.1. The first-order valence-electron chi connectivity index (χ1n) is 7.57. The molecule has 0 aliphatic carbocycles. The van der Waals surface area contributed by atoms with Crippen LogP contribution >= 0.6 is 0 Å². The smallest absolute Gasteiger partial charge is 0.170 e. The summed E-state index contributed by atoms with van der Waals surface area (Å²) in [5.74, 6) is 0. The number of nitrogens with two attached hydrogens (primary N) is 1. The third-order valence-electron chi connectivity index (χ3n) is 3.35. The zero-order chi connectivity index (χ0) is 13.9. The Labute approximate surface area is 117 Å². The van der Waals surface area contributed by atoms with Crippen LogP contribution in [0.25, 0.3) is 0 Å². The van der Waals surface area contributed by atoms with E-state index in [1.54, 1.807) is 0 Å². The van der Waals surface area contributed by atoms with Gasteiger partial charge in [-0.2, -0.15) is 0 Å². The molecule has 0 saturated carbocycles. The summed E-state index contributed by atoms with van der Waals surface area (Å²) in [6, 6.07) is 0. The number of ether oxygens (including phenoxy) is 3. The fraction of sp³-hybridized carbons (Fsp3) is 1.00. The van der Waals surface area contributed by atoms with Crippen molar-refractivity contribution in [2.45, 2.75) is 45.5 Å². The van der Waals surface area contributed by atoms with Crippen LogP contribution in [0, 0.1) is 0 Å². The highest BCUT2D eigenvalue weighted by Gasteiger charge is 2.22. The Morgan fingerprint density at radius 2 is 1.79 bits per heavy atom. The Hall–Kier alpha value is -0.200. The summed E-state index contributed by atoms with van der Waals surface area (Å²) >= 11 is 0. The maximum atomic E-state index is 5.80. The summed E-state index contributed by atoms with van der Waals surface area (Å²) in [4.78, 5) is 2.40. The summed E-state index contributed by atoms with van der Waals surface area (Å²) in [5, 5.41) is 0. The lowest BCUT2D eigenvalue weighted by molar-refractivity contribution is -0.150. The van der Waals surface area contributed by atoms with E-state index in [0.717, 1.165) is 45.5 Å². The topological polar surface area (TPSA) is 57.0 Å². The molecule has 114 valence electrons. The standard InChI is InChI=1S/C14H30N2O3/c1-3-17-14(18-4-2)12-16-9-6-13(7-10-16)19-11-5-8-15/h13-14H,3-12,15H2,1-2H3. The van der Waals surface area contributed by atoms with Crippen LogP contribution in [0.2, 0.25) is 0 Å². The largest absolute Gasteiger partial charge is 0.378 e. The van der Waals surface area contributed by atoms with E-state index >= 15 is 0 Å². The van der Waals surface area contributed by atoms with E-state index < -0.39 is 0 Å². The molecule has 0 bridgehead atoms. The number of hydrogen-bond donors (Lipinski definition) is 1. The molecule has 5 nitrogen and oxygen atoms in total. The molecule has 19 heavy (non-hydrogen) atoms. The zero-order valence-electron chi connectivity index (χ0n) is 12.5. The third kappa shape index (κ3) is 7.22. The van der Waals surface area contributed by atoms with Crippen molar-refractivity contribution >= 4 is 0 Å². The lowest BCUT2D eigenvalue weighted by Gasteiger charge is -2.33. The van der Waals surface area contributed by atoms with Crippen LogP contribution in [0.5, 0.6) is 0 Å². The molecule has 0 aromatic carbocycles. The van der Waals surface area contributed by atoms with E-state index in [4.69, 9.17) is 19.9 Å². The van der Waals surface area contributed by atoms with E-state index in [1.165, 1.54) is 0 Å². The Kier molecular flexibility index (Phi) is 9.38. The van der Waals surface area contributed by atoms with E-state index in [0.29, 0.717) is 25.9 Å². The minimum Gasteiger partial charge on any atom is -0.378 e. The molecule has 0 amide bonds. The molecule has 0 spiro atoms. The van der Waals surface area contributed by atoms with Crippen LogP contribution in [0.1, 0.15) is 33.1 Å². The quantitative estimate of drug-likeness (QED) is 0.479. The van der Waals surface area contributed by atoms with Crippen LogP contribution in [0.3, 0.4) is 0 Å². The van der Waals surface area contributed by atoms with Crippen LogP contribution in [0.15, 0.2) is 0 Å². The van der Waals surface area contributed by atoms with Gasteiger partial charge in [-0.3, -0.25) is 4.90 Å². The van der Waals surface area contributed by atoms with Crippen molar-refractivity contribution in [1.82, 2.24) is 4.90 Å². The van der Waals surface area contributed by atoms with Crippen molar-refractivity contribution in [3.8, 4) is 0 Å². The van der Waals surface area contributed by atoms with Crippen molar-refractivity contribution in [1.29, 1.82) is 0 Å². The highest BCUT2D eigenvalue weighted by molar-refractivity contribution is 4.73. The van der Waals surface area contributed by atoms with Gasteiger partial charge in [-0.15, -0.1) is 0 Å². The SMILES string of the molecule is CCOC(CN1CCC(OCCCN)CC1)OCC. The molecule has 1 aliphatic heterocycles. The molecule has 0 unspecified atom stereocenters. The molecule has 2 N–H and O–H groups in total. The Morgan fingerprint density at radius 1 is 1.16 bits per heavy atom. The molecular weight excluding hydrogens is 244 g/mol. The van der Waals surface area contributed by atoms with Crippen molar-refractivity contribution in [2.24, 2.45) is 5.73 Å². The molecular formula is C14H30N2O3. The molecule has 0 atom stereocenters. The van der Waals surface area contributed by atoms with Gasteiger partial charge >= 0.3 is 0 Å². The van der Waals surface area contributed by atoms with Gasteiger partial charge in [0.05, 0.1) is 6.10 Å². The van der Waals surface area contributed by atoms with Crippen LogP contribution < -0.4 is 5.73 Å². The predicted octanol–water partition coefficient (Wildman–Crippen LogP) is 1.22. The molecule has 0 radical (unpaired) electrons. The predicted molar refractivity (Wildman–Crippen MR) is 76.1 cm³/mol. The first-order valence-corrected chi connectivity index (χ1v) is 7.57. The van der Waals surface area contributed by atoms with E-state index in [1.807, 2.05) is 13.8 Å². The summed E-state index contributed by atoms with van der Waals surface area (Å²) < 4.78 is 17.0. The molecule has 1 aliphatic rings. The van der Waals surface area contributed by atoms with Gasteiger partial charge in [0.15, 0.2) is 6.29 Å². The lowest BCUT2D eigenvalue weighted by Crippen LogP contribution is -2.42. The first-order chi connectivity index (χ1) is 9.30. The number of piperidine rings is 1. The highest BCUT2D eigenvalue weighted by atomic mass is 16.7. The Bertz CT molecular complexity index is 203. The molecule has 0 aromatic heterocycles. The van der Waals surface area contributed by atoms with E-state index in [2.05, 4.69) is 4.90 Å². The monoisotopic (exact) mass is 274 g/mol. The average Bonchev–Trinajstić information content (AvgIpc) is 2.42. The number of rotatable bonds is 10. The molecule has 0 aromatic rings. The number of nitrogens with zero attached hydrogens (tertiary/aromatic N) is 1. The summed E-state index contributed by atoms with van der Waals surface area (Å²) in [6.07, 6.45) is 3.45. The number of likely N-dealkylation sites (tertiary alicyclic amines) is 1. The summed E-state index contributed by atoms with van der Waals surface area (Å²) in [7, 11) is 0. The normalized spacial score (nSPS) is 18.3. The van der Waals surface area contributed by atoms with Crippen molar-refractivity contribution in [3.05, 3.63) is 0 Å². The first kappa shape index (κ1) is 16.9.